The molecule has 1 N–H and O–H groups in total. The zero-order valence-corrected chi connectivity index (χ0v) is 12.4. The van der Waals surface area contributed by atoms with Crippen LogP contribution >= 0.6 is 11.3 Å². The Balaban J connectivity index is 1.54. The summed E-state index contributed by atoms with van der Waals surface area (Å²) in [5.74, 6) is 0. The lowest BCUT2D eigenvalue weighted by Crippen LogP contribution is -2.38. The molecule has 0 amide bonds. The third-order valence-electron chi connectivity index (χ3n) is 3.68. The molecule has 19 heavy (non-hydrogen) atoms. The predicted octanol–water partition coefficient (Wildman–Crippen LogP) is 2.18. The highest BCUT2D eigenvalue weighted by molar-refractivity contribution is 7.09. The van der Waals surface area contributed by atoms with Crippen LogP contribution in [0.5, 0.6) is 0 Å². The summed E-state index contributed by atoms with van der Waals surface area (Å²) in [6.45, 7) is 7.20. The topological polar surface area (TPSA) is 37.4 Å². The number of hydrogen-bond acceptors (Lipinski definition) is 5. The highest BCUT2D eigenvalue weighted by Crippen LogP contribution is 2.26. The van der Waals surface area contributed by atoms with E-state index in [0.717, 1.165) is 37.3 Å². The van der Waals surface area contributed by atoms with Gasteiger partial charge in [0.1, 0.15) is 11.1 Å². The molecule has 0 aromatic carbocycles. The van der Waals surface area contributed by atoms with E-state index >= 15 is 0 Å². The fraction of sp³-hybridized carbons (Fsp3) is 0.786. The molecule has 1 aliphatic heterocycles. The van der Waals surface area contributed by atoms with Gasteiger partial charge in [0.05, 0.1) is 12.3 Å². The van der Waals surface area contributed by atoms with Crippen LogP contribution in [-0.2, 0) is 11.3 Å². The van der Waals surface area contributed by atoms with Crippen molar-refractivity contribution in [2.24, 2.45) is 0 Å². The quantitative estimate of drug-likeness (QED) is 0.867. The molecule has 1 aromatic heterocycles. The standard InChI is InChI=1S/C14H23N3OS/c1-2-5-17-6-7-18-13(9-17)14-16-12(10-19-14)8-15-11-3-4-11/h10-11,13,15H,2-9H2,1H3. The molecule has 2 fully saturated rings. The molecule has 1 atom stereocenters. The van der Waals surface area contributed by atoms with E-state index in [1.54, 1.807) is 11.3 Å². The number of ether oxygens (including phenoxy) is 1. The summed E-state index contributed by atoms with van der Waals surface area (Å²) in [6, 6.07) is 0.746. The van der Waals surface area contributed by atoms with Crippen LogP contribution in [0.15, 0.2) is 5.38 Å². The normalized spacial score (nSPS) is 24.8. The van der Waals surface area contributed by atoms with Gasteiger partial charge in [-0.05, 0) is 25.8 Å². The zero-order chi connectivity index (χ0) is 13.1. The van der Waals surface area contributed by atoms with Crippen LogP contribution in [0.25, 0.3) is 0 Å². The molecule has 0 bridgehead atoms. The molecule has 2 heterocycles. The number of morpholine rings is 1. The lowest BCUT2D eigenvalue weighted by Gasteiger charge is -2.31. The first-order valence-electron chi connectivity index (χ1n) is 7.37. The van der Waals surface area contributed by atoms with Crippen molar-refractivity contribution in [2.45, 2.75) is 44.9 Å². The van der Waals surface area contributed by atoms with Gasteiger partial charge in [-0.3, -0.25) is 4.90 Å². The van der Waals surface area contributed by atoms with Gasteiger partial charge in [0, 0.05) is 31.1 Å². The van der Waals surface area contributed by atoms with E-state index in [9.17, 15) is 0 Å². The molecule has 3 rings (SSSR count). The van der Waals surface area contributed by atoms with E-state index in [1.165, 1.54) is 31.5 Å². The Hall–Kier alpha value is -0.490. The molecule has 0 spiro atoms. The second-order valence-electron chi connectivity index (χ2n) is 5.49. The summed E-state index contributed by atoms with van der Waals surface area (Å²) < 4.78 is 5.88. The van der Waals surface area contributed by atoms with Crippen LogP contribution < -0.4 is 5.32 Å². The summed E-state index contributed by atoms with van der Waals surface area (Å²) in [5.41, 5.74) is 1.17. The number of nitrogens with one attached hydrogen (secondary N) is 1. The van der Waals surface area contributed by atoms with E-state index in [1.807, 2.05) is 0 Å². The Morgan fingerprint density at radius 2 is 2.42 bits per heavy atom. The first kappa shape index (κ1) is 13.5. The lowest BCUT2D eigenvalue weighted by atomic mass is 10.2. The largest absolute Gasteiger partial charge is 0.368 e. The van der Waals surface area contributed by atoms with Crippen molar-refractivity contribution in [1.29, 1.82) is 0 Å². The monoisotopic (exact) mass is 281 g/mol. The highest BCUT2D eigenvalue weighted by atomic mass is 32.1. The number of aromatic nitrogens is 1. The fourth-order valence-corrected chi connectivity index (χ4v) is 3.32. The van der Waals surface area contributed by atoms with E-state index < -0.39 is 0 Å². The molecule has 5 heteroatoms. The van der Waals surface area contributed by atoms with Crippen LogP contribution in [-0.4, -0.2) is 42.2 Å². The molecule has 1 aromatic rings. The van der Waals surface area contributed by atoms with Crippen molar-refractivity contribution in [1.82, 2.24) is 15.2 Å². The van der Waals surface area contributed by atoms with E-state index in [0.29, 0.717) is 0 Å². The average molecular weight is 281 g/mol. The fourth-order valence-electron chi connectivity index (χ4n) is 2.46. The van der Waals surface area contributed by atoms with Gasteiger partial charge in [-0.25, -0.2) is 4.98 Å². The van der Waals surface area contributed by atoms with Crippen LogP contribution in [0.2, 0.25) is 0 Å². The maximum absolute atomic E-state index is 5.88. The Bertz CT molecular complexity index is 403. The third-order valence-corrected chi connectivity index (χ3v) is 4.67. The Labute approximate surface area is 119 Å². The van der Waals surface area contributed by atoms with Crippen LogP contribution in [0.3, 0.4) is 0 Å². The van der Waals surface area contributed by atoms with E-state index in [4.69, 9.17) is 9.72 Å². The van der Waals surface area contributed by atoms with Gasteiger partial charge in [-0.2, -0.15) is 0 Å². The van der Waals surface area contributed by atoms with E-state index in [-0.39, 0.29) is 6.10 Å². The molecular weight excluding hydrogens is 258 g/mol. The first-order valence-corrected chi connectivity index (χ1v) is 8.24. The molecule has 0 radical (unpaired) electrons. The molecule has 1 saturated heterocycles. The van der Waals surface area contributed by atoms with Crippen molar-refractivity contribution in [2.75, 3.05) is 26.2 Å². The number of nitrogens with zero attached hydrogens (tertiary/aromatic N) is 2. The minimum Gasteiger partial charge on any atom is -0.368 e. The molecule has 2 aliphatic rings. The number of thiazole rings is 1. The van der Waals surface area contributed by atoms with Crippen LogP contribution in [0.4, 0.5) is 0 Å². The maximum atomic E-state index is 5.88. The van der Waals surface area contributed by atoms with Crippen molar-refractivity contribution < 1.29 is 4.74 Å². The molecule has 1 aliphatic carbocycles. The lowest BCUT2D eigenvalue weighted by molar-refractivity contribution is -0.0299. The molecule has 106 valence electrons. The number of rotatable bonds is 6. The summed E-state index contributed by atoms with van der Waals surface area (Å²) in [5, 5.41) is 6.83. The predicted molar refractivity (Wildman–Crippen MR) is 77.4 cm³/mol. The summed E-state index contributed by atoms with van der Waals surface area (Å²) in [7, 11) is 0. The van der Waals surface area contributed by atoms with Crippen molar-refractivity contribution in [3.63, 3.8) is 0 Å². The summed E-state index contributed by atoms with van der Waals surface area (Å²) in [6.07, 6.45) is 4.05. The minimum atomic E-state index is 0.181. The maximum Gasteiger partial charge on any atom is 0.123 e. The van der Waals surface area contributed by atoms with Gasteiger partial charge in [0.15, 0.2) is 0 Å². The van der Waals surface area contributed by atoms with Crippen molar-refractivity contribution in [3.05, 3.63) is 16.1 Å². The van der Waals surface area contributed by atoms with Gasteiger partial charge >= 0.3 is 0 Å². The third kappa shape index (κ3) is 3.75. The summed E-state index contributed by atoms with van der Waals surface area (Å²) >= 11 is 1.75. The van der Waals surface area contributed by atoms with Crippen molar-refractivity contribution in [3.8, 4) is 0 Å². The van der Waals surface area contributed by atoms with E-state index in [2.05, 4.69) is 22.5 Å². The van der Waals surface area contributed by atoms with Crippen molar-refractivity contribution >= 4 is 11.3 Å². The smallest absolute Gasteiger partial charge is 0.123 e. The number of hydrogen-bond donors (Lipinski definition) is 1. The van der Waals surface area contributed by atoms with Gasteiger partial charge in [-0.1, -0.05) is 6.92 Å². The molecule has 1 unspecified atom stereocenters. The Morgan fingerprint density at radius 3 is 3.21 bits per heavy atom. The Kier molecular flexibility index (Phi) is 4.48. The molecule has 1 saturated carbocycles. The van der Waals surface area contributed by atoms with Gasteiger partial charge in [0.2, 0.25) is 0 Å². The molecule has 4 nitrogen and oxygen atoms in total. The minimum absolute atomic E-state index is 0.181. The van der Waals surface area contributed by atoms with Crippen LogP contribution in [0, 0.1) is 0 Å². The second-order valence-corrected chi connectivity index (χ2v) is 6.38. The SMILES string of the molecule is CCCN1CCOC(c2nc(CNC3CC3)cs2)C1. The first-order chi connectivity index (χ1) is 9.35. The van der Waals surface area contributed by atoms with Crippen LogP contribution in [0.1, 0.15) is 43.0 Å². The summed E-state index contributed by atoms with van der Waals surface area (Å²) in [4.78, 5) is 7.22. The van der Waals surface area contributed by atoms with Gasteiger partial charge in [-0.15, -0.1) is 11.3 Å². The zero-order valence-electron chi connectivity index (χ0n) is 11.6. The highest BCUT2D eigenvalue weighted by Gasteiger charge is 2.24. The second kappa shape index (κ2) is 6.31. The Morgan fingerprint density at radius 1 is 1.53 bits per heavy atom. The van der Waals surface area contributed by atoms with Gasteiger partial charge in [0.25, 0.3) is 0 Å². The molecular formula is C14H23N3OS. The average Bonchev–Trinajstić information content (AvgIpc) is 3.14. The van der Waals surface area contributed by atoms with Gasteiger partial charge < -0.3 is 10.1 Å².